The highest BCUT2D eigenvalue weighted by atomic mass is 14.0. The number of hydrogen-bond donors (Lipinski definition) is 0. The standard InChI is InChI=1S/C12H18/c1-6-11(5)12(7-2)9-8-10(3)4/h6-9H,2H2,1,3-5H3/b11-6+,12-9+. The summed E-state index contributed by atoms with van der Waals surface area (Å²) < 4.78 is 0. The molecule has 0 N–H and O–H groups in total. The summed E-state index contributed by atoms with van der Waals surface area (Å²) in [6, 6.07) is 0. The Morgan fingerprint density at radius 1 is 1.08 bits per heavy atom. The molecule has 0 spiro atoms. The third-order valence-corrected chi connectivity index (χ3v) is 1.70. The molecule has 0 saturated heterocycles. The van der Waals surface area contributed by atoms with Gasteiger partial charge in [0.25, 0.3) is 0 Å². The van der Waals surface area contributed by atoms with Gasteiger partial charge in [-0.15, -0.1) is 0 Å². The Balaban J connectivity index is 4.67. The fourth-order valence-electron chi connectivity index (χ4n) is 0.784. The average molecular weight is 162 g/mol. The van der Waals surface area contributed by atoms with Crippen molar-refractivity contribution in [1.82, 2.24) is 0 Å². The van der Waals surface area contributed by atoms with E-state index in [0.29, 0.717) is 0 Å². The molecule has 0 rings (SSSR count). The maximum atomic E-state index is 3.77. The summed E-state index contributed by atoms with van der Waals surface area (Å²) in [7, 11) is 0. The molecule has 12 heavy (non-hydrogen) atoms. The lowest BCUT2D eigenvalue weighted by Gasteiger charge is -1.98. The second-order valence-electron chi connectivity index (χ2n) is 3.04. The van der Waals surface area contributed by atoms with Crippen LogP contribution in [0.2, 0.25) is 0 Å². The van der Waals surface area contributed by atoms with Gasteiger partial charge in [-0.25, -0.2) is 0 Å². The lowest BCUT2D eigenvalue weighted by molar-refractivity contribution is 1.36. The quantitative estimate of drug-likeness (QED) is 0.549. The fourth-order valence-corrected chi connectivity index (χ4v) is 0.784. The van der Waals surface area contributed by atoms with Crippen molar-refractivity contribution in [1.29, 1.82) is 0 Å². The molecule has 0 aromatic carbocycles. The molecule has 0 aliphatic rings. The summed E-state index contributed by atoms with van der Waals surface area (Å²) in [6.07, 6.45) is 8.17. The molecule has 0 heterocycles. The zero-order chi connectivity index (χ0) is 9.56. The summed E-state index contributed by atoms with van der Waals surface area (Å²) in [5.74, 6) is 0. The van der Waals surface area contributed by atoms with E-state index in [1.54, 1.807) is 0 Å². The Hall–Kier alpha value is -1.04. The summed E-state index contributed by atoms with van der Waals surface area (Å²) >= 11 is 0. The molecule has 0 aromatic heterocycles. The molecule has 0 unspecified atom stereocenters. The van der Waals surface area contributed by atoms with Crippen molar-refractivity contribution in [3.05, 3.63) is 47.6 Å². The first-order valence-electron chi connectivity index (χ1n) is 4.22. The molecule has 0 atom stereocenters. The highest BCUT2D eigenvalue weighted by molar-refractivity contribution is 5.39. The predicted molar refractivity (Wildman–Crippen MR) is 57.1 cm³/mol. The van der Waals surface area contributed by atoms with Crippen LogP contribution < -0.4 is 0 Å². The van der Waals surface area contributed by atoms with Crippen LogP contribution >= 0.6 is 0 Å². The van der Waals surface area contributed by atoms with Gasteiger partial charge in [0.05, 0.1) is 0 Å². The lowest BCUT2D eigenvalue weighted by atomic mass is 10.1. The van der Waals surface area contributed by atoms with Crippen LogP contribution in [0.15, 0.2) is 47.6 Å². The van der Waals surface area contributed by atoms with Crippen LogP contribution in [0.3, 0.4) is 0 Å². The molecular formula is C12H18. The van der Waals surface area contributed by atoms with Gasteiger partial charge < -0.3 is 0 Å². The van der Waals surface area contributed by atoms with Crippen LogP contribution in [0.25, 0.3) is 0 Å². The first-order valence-corrected chi connectivity index (χ1v) is 4.22. The molecule has 0 fully saturated rings. The third kappa shape index (κ3) is 3.97. The van der Waals surface area contributed by atoms with E-state index in [-0.39, 0.29) is 0 Å². The minimum atomic E-state index is 1.19. The number of hydrogen-bond acceptors (Lipinski definition) is 0. The predicted octanol–water partition coefficient (Wildman–Crippen LogP) is 4.03. The van der Waals surface area contributed by atoms with Gasteiger partial charge in [-0.2, -0.15) is 0 Å². The van der Waals surface area contributed by atoms with Gasteiger partial charge >= 0.3 is 0 Å². The Kier molecular flexibility index (Phi) is 5.11. The molecule has 0 aliphatic heterocycles. The third-order valence-electron chi connectivity index (χ3n) is 1.70. The van der Waals surface area contributed by atoms with E-state index in [1.807, 2.05) is 13.0 Å². The lowest BCUT2D eigenvalue weighted by Crippen LogP contribution is -1.78. The highest BCUT2D eigenvalue weighted by Gasteiger charge is 1.90. The zero-order valence-electron chi connectivity index (χ0n) is 8.52. The summed E-state index contributed by atoms with van der Waals surface area (Å²) in [4.78, 5) is 0. The van der Waals surface area contributed by atoms with E-state index < -0.39 is 0 Å². The topological polar surface area (TPSA) is 0 Å². The van der Waals surface area contributed by atoms with Gasteiger partial charge in [0.15, 0.2) is 0 Å². The molecule has 0 aliphatic carbocycles. The van der Waals surface area contributed by atoms with Crippen molar-refractivity contribution >= 4 is 0 Å². The van der Waals surface area contributed by atoms with E-state index in [9.17, 15) is 0 Å². The molecule has 0 saturated carbocycles. The second kappa shape index (κ2) is 5.59. The molecule has 0 radical (unpaired) electrons. The Morgan fingerprint density at radius 3 is 2.00 bits per heavy atom. The van der Waals surface area contributed by atoms with Crippen LogP contribution in [-0.2, 0) is 0 Å². The Bertz CT molecular complexity index is 233. The highest BCUT2D eigenvalue weighted by Crippen LogP contribution is 2.10. The molecular weight excluding hydrogens is 144 g/mol. The maximum absolute atomic E-state index is 3.77. The minimum Gasteiger partial charge on any atom is -0.0985 e. The van der Waals surface area contributed by atoms with E-state index in [0.717, 1.165) is 0 Å². The SMILES string of the molecule is C=CC(=C\C=C(C)C)/C(C)=C/C. The van der Waals surface area contributed by atoms with Gasteiger partial charge in [-0.3, -0.25) is 0 Å². The maximum Gasteiger partial charge on any atom is -0.0237 e. The van der Waals surface area contributed by atoms with Crippen LogP contribution in [0.5, 0.6) is 0 Å². The number of rotatable bonds is 3. The van der Waals surface area contributed by atoms with Crippen LogP contribution in [-0.4, -0.2) is 0 Å². The van der Waals surface area contributed by atoms with Crippen molar-refractivity contribution < 1.29 is 0 Å². The largest absolute Gasteiger partial charge is 0.0985 e. The van der Waals surface area contributed by atoms with Gasteiger partial charge in [0.2, 0.25) is 0 Å². The Morgan fingerprint density at radius 2 is 1.67 bits per heavy atom. The monoisotopic (exact) mass is 162 g/mol. The molecule has 0 heteroatoms. The average Bonchev–Trinajstić information content (AvgIpc) is 2.04. The van der Waals surface area contributed by atoms with E-state index in [2.05, 4.69) is 45.6 Å². The Labute approximate surface area is 76.0 Å². The first kappa shape index (κ1) is 11.0. The van der Waals surface area contributed by atoms with Crippen molar-refractivity contribution in [3.8, 4) is 0 Å². The molecule has 0 nitrogen and oxygen atoms in total. The second-order valence-corrected chi connectivity index (χ2v) is 3.04. The van der Waals surface area contributed by atoms with Crippen LogP contribution in [0, 0.1) is 0 Å². The van der Waals surface area contributed by atoms with Crippen molar-refractivity contribution in [2.45, 2.75) is 27.7 Å². The molecule has 66 valence electrons. The van der Waals surface area contributed by atoms with Crippen molar-refractivity contribution in [3.63, 3.8) is 0 Å². The zero-order valence-corrected chi connectivity index (χ0v) is 8.52. The van der Waals surface area contributed by atoms with E-state index in [1.165, 1.54) is 16.7 Å². The number of allylic oxidation sites excluding steroid dienone is 7. The van der Waals surface area contributed by atoms with Gasteiger partial charge in [-0.05, 0) is 38.8 Å². The first-order chi connectivity index (χ1) is 5.61. The van der Waals surface area contributed by atoms with E-state index >= 15 is 0 Å². The van der Waals surface area contributed by atoms with E-state index in [4.69, 9.17) is 0 Å². The summed E-state index contributed by atoms with van der Waals surface area (Å²) in [5, 5.41) is 0. The van der Waals surface area contributed by atoms with Gasteiger partial charge in [-0.1, -0.05) is 36.5 Å². The van der Waals surface area contributed by atoms with Gasteiger partial charge in [0.1, 0.15) is 0 Å². The summed E-state index contributed by atoms with van der Waals surface area (Å²) in [5.41, 5.74) is 3.76. The minimum absolute atomic E-state index is 1.19. The van der Waals surface area contributed by atoms with Gasteiger partial charge in [0, 0.05) is 0 Å². The molecule has 0 amide bonds. The smallest absolute Gasteiger partial charge is 0.0237 e. The molecule has 0 bridgehead atoms. The fraction of sp³-hybridized carbons (Fsp3) is 0.333. The van der Waals surface area contributed by atoms with Crippen LogP contribution in [0.4, 0.5) is 0 Å². The normalized spacial score (nSPS) is 12.7. The van der Waals surface area contributed by atoms with Crippen LogP contribution in [0.1, 0.15) is 27.7 Å². The van der Waals surface area contributed by atoms with Crippen molar-refractivity contribution in [2.75, 3.05) is 0 Å². The van der Waals surface area contributed by atoms with Crippen molar-refractivity contribution in [2.24, 2.45) is 0 Å². The molecule has 0 aromatic rings. The summed E-state index contributed by atoms with van der Waals surface area (Å²) in [6.45, 7) is 12.1.